The van der Waals surface area contributed by atoms with E-state index < -0.39 is 12.1 Å². The van der Waals surface area contributed by atoms with E-state index in [1.807, 2.05) is 52.0 Å². The molecule has 3 aromatic rings. The van der Waals surface area contributed by atoms with Crippen LogP contribution in [0, 0.1) is 19.8 Å². The minimum Gasteiger partial charge on any atom is -0.477 e. The fraction of sp³-hybridized carbons (Fsp3) is 0.333. The van der Waals surface area contributed by atoms with Crippen LogP contribution in [0.3, 0.4) is 0 Å². The Morgan fingerprint density at radius 3 is 2.53 bits per heavy atom. The molecule has 0 spiro atoms. The van der Waals surface area contributed by atoms with E-state index in [4.69, 9.17) is 25.8 Å². The number of rotatable bonds is 9. The lowest BCUT2D eigenvalue weighted by atomic mass is 10.1. The summed E-state index contributed by atoms with van der Waals surface area (Å²) in [6.45, 7) is 12.2. The van der Waals surface area contributed by atoms with E-state index in [0.29, 0.717) is 22.9 Å². The first kappa shape index (κ1) is 25.4. The van der Waals surface area contributed by atoms with E-state index >= 15 is 0 Å². The molecule has 7 heteroatoms. The molecule has 1 atom stereocenters. The lowest BCUT2D eigenvalue weighted by molar-refractivity contribution is -0.150. The van der Waals surface area contributed by atoms with Gasteiger partial charge in [-0.2, -0.15) is 0 Å². The number of hydrogen-bond acceptors (Lipinski definition) is 5. The van der Waals surface area contributed by atoms with Crippen molar-refractivity contribution < 1.29 is 23.8 Å². The second-order valence-corrected chi connectivity index (χ2v) is 8.89. The van der Waals surface area contributed by atoms with Gasteiger partial charge in [-0.1, -0.05) is 44.2 Å². The molecule has 0 unspecified atom stereocenters. The van der Waals surface area contributed by atoms with E-state index in [0.717, 1.165) is 27.7 Å². The number of halogens is 1. The molecule has 2 aromatic carbocycles. The molecule has 0 aliphatic carbocycles. The molecular formula is C27H30ClNO5. The number of nitrogens with zero attached hydrogens (tertiary/aromatic N) is 1. The normalized spacial score (nSPS) is 12.0. The third kappa shape index (κ3) is 5.28. The van der Waals surface area contributed by atoms with Crippen molar-refractivity contribution in [3.8, 4) is 5.75 Å². The van der Waals surface area contributed by atoms with E-state index in [9.17, 15) is 9.59 Å². The maximum absolute atomic E-state index is 12.3. The predicted octanol–water partition coefficient (Wildman–Crippen LogP) is 5.88. The number of aryl methyl sites for hydroxylation is 1. The molecule has 0 N–H and O–H groups in total. The lowest BCUT2D eigenvalue weighted by Gasteiger charge is -2.21. The Morgan fingerprint density at radius 1 is 1.15 bits per heavy atom. The zero-order valence-electron chi connectivity index (χ0n) is 20.2. The van der Waals surface area contributed by atoms with Gasteiger partial charge in [0.2, 0.25) is 0 Å². The van der Waals surface area contributed by atoms with Crippen LogP contribution in [0.25, 0.3) is 10.9 Å². The molecule has 34 heavy (non-hydrogen) atoms. The monoisotopic (exact) mass is 483 g/mol. The highest BCUT2D eigenvalue weighted by molar-refractivity contribution is 6.32. The lowest BCUT2D eigenvalue weighted by Crippen LogP contribution is -2.33. The van der Waals surface area contributed by atoms with Gasteiger partial charge in [0, 0.05) is 29.1 Å². The summed E-state index contributed by atoms with van der Waals surface area (Å²) in [5, 5.41) is 1.41. The maximum Gasteiger partial charge on any atom is 0.347 e. The molecular weight excluding hydrogens is 454 g/mol. The number of ether oxygens (including phenoxy) is 3. The minimum atomic E-state index is -0.756. The van der Waals surface area contributed by atoms with Gasteiger partial charge in [-0.25, -0.2) is 9.59 Å². The summed E-state index contributed by atoms with van der Waals surface area (Å²) in [5.41, 5.74) is 4.63. The van der Waals surface area contributed by atoms with Crippen molar-refractivity contribution in [3.05, 3.63) is 76.5 Å². The number of benzene rings is 2. The molecule has 0 aliphatic rings. The second-order valence-electron chi connectivity index (χ2n) is 8.49. The molecule has 0 bridgehead atoms. The highest BCUT2D eigenvalue weighted by Crippen LogP contribution is 2.31. The largest absolute Gasteiger partial charge is 0.477 e. The van der Waals surface area contributed by atoms with Crippen LogP contribution in [0.1, 0.15) is 41.0 Å². The van der Waals surface area contributed by atoms with Crippen LogP contribution in [0.15, 0.2) is 49.1 Å². The van der Waals surface area contributed by atoms with Crippen LogP contribution in [-0.2, 0) is 20.8 Å². The Kier molecular flexibility index (Phi) is 8.05. The summed E-state index contributed by atoms with van der Waals surface area (Å²) in [5.74, 6) is -0.475. The number of esters is 2. The molecule has 0 aliphatic heterocycles. The molecule has 6 nitrogen and oxygen atoms in total. The van der Waals surface area contributed by atoms with Gasteiger partial charge in [0.1, 0.15) is 12.4 Å². The van der Waals surface area contributed by atoms with Crippen LogP contribution in [0.5, 0.6) is 5.75 Å². The Hall–Kier alpha value is -3.25. The Morgan fingerprint density at radius 2 is 1.88 bits per heavy atom. The number of fused-ring (bicyclic) bond motifs is 1. The molecule has 1 heterocycles. The van der Waals surface area contributed by atoms with Crippen molar-refractivity contribution in [3.63, 3.8) is 0 Å². The summed E-state index contributed by atoms with van der Waals surface area (Å²) in [6, 6.07) is 11.1. The Balaban J connectivity index is 1.94. The van der Waals surface area contributed by atoms with Crippen molar-refractivity contribution in [1.29, 1.82) is 0 Å². The zero-order valence-corrected chi connectivity index (χ0v) is 20.9. The fourth-order valence-corrected chi connectivity index (χ4v) is 3.99. The number of aromatic nitrogens is 1. The van der Waals surface area contributed by atoms with Crippen molar-refractivity contribution in [1.82, 2.24) is 4.57 Å². The SMILES string of the molecule is C=CCOC(=O)c1ccc2c(c1)c(C)c(C)n2Cc1ccc(Cl)c(O[C@@H](C(=O)OC)C(C)C)c1. The molecule has 0 amide bonds. The van der Waals surface area contributed by atoms with E-state index in [2.05, 4.69) is 11.1 Å². The molecule has 1 aromatic heterocycles. The van der Waals surface area contributed by atoms with Gasteiger partial charge in [0.05, 0.1) is 17.7 Å². The first-order valence-electron chi connectivity index (χ1n) is 11.1. The van der Waals surface area contributed by atoms with Crippen molar-refractivity contribution in [2.45, 2.75) is 40.3 Å². The van der Waals surface area contributed by atoms with E-state index in [1.54, 1.807) is 18.2 Å². The van der Waals surface area contributed by atoms with Gasteiger partial charge in [-0.3, -0.25) is 0 Å². The fourth-order valence-electron chi connectivity index (χ4n) is 3.83. The smallest absolute Gasteiger partial charge is 0.347 e. The molecule has 0 radical (unpaired) electrons. The number of carbonyl (C=O) groups excluding carboxylic acids is 2. The maximum atomic E-state index is 12.3. The molecule has 3 rings (SSSR count). The summed E-state index contributed by atoms with van der Waals surface area (Å²) >= 11 is 6.38. The summed E-state index contributed by atoms with van der Waals surface area (Å²) in [4.78, 5) is 24.4. The molecule has 180 valence electrons. The second kappa shape index (κ2) is 10.8. The van der Waals surface area contributed by atoms with E-state index in [-0.39, 0.29) is 18.5 Å². The van der Waals surface area contributed by atoms with E-state index in [1.165, 1.54) is 7.11 Å². The summed E-state index contributed by atoms with van der Waals surface area (Å²) < 4.78 is 18.2. The quantitative estimate of drug-likeness (QED) is 0.281. The first-order chi connectivity index (χ1) is 16.2. The predicted molar refractivity (Wildman–Crippen MR) is 134 cm³/mol. The average Bonchev–Trinajstić information content (AvgIpc) is 3.06. The van der Waals surface area contributed by atoms with Gasteiger partial charge in [0.15, 0.2) is 6.10 Å². The summed E-state index contributed by atoms with van der Waals surface area (Å²) in [7, 11) is 1.34. The first-order valence-corrected chi connectivity index (χ1v) is 11.5. The van der Waals surface area contributed by atoms with Crippen LogP contribution in [0.4, 0.5) is 0 Å². The van der Waals surface area contributed by atoms with Crippen LogP contribution < -0.4 is 4.74 Å². The summed E-state index contributed by atoms with van der Waals surface area (Å²) in [6.07, 6.45) is 0.786. The van der Waals surface area contributed by atoms with Gasteiger partial charge in [-0.15, -0.1) is 0 Å². The third-order valence-electron chi connectivity index (χ3n) is 5.84. The highest BCUT2D eigenvalue weighted by Gasteiger charge is 2.26. The zero-order chi connectivity index (χ0) is 25.0. The number of carbonyl (C=O) groups is 2. The van der Waals surface area contributed by atoms with Crippen LogP contribution in [-0.4, -0.2) is 36.3 Å². The van der Waals surface area contributed by atoms with Gasteiger partial charge >= 0.3 is 11.9 Å². The third-order valence-corrected chi connectivity index (χ3v) is 6.15. The Bertz CT molecular complexity index is 1230. The van der Waals surface area contributed by atoms with Crippen LogP contribution >= 0.6 is 11.6 Å². The minimum absolute atomic E-state index is 0.0853. The standard InChI is InChI=1S/C27H30ClNO5/c1-7-12-33-26(30)20-9-11-23-21(14-20)17(4)18(5)29(23)15-19-8-10-22(28)24(13-19)34-25(16(2)3)27(31)32-6/h7-11,13-14,16,25H,1,12,15H2,2-6H3/t25-/m1/s1. The van der Waals surface area contributed by atoms with Gasteiger partial charge in [0.25, 0.3) is 0 Å². The van der Waals surface area contributed by atoms with Crippen molar-refractivity contribution in [2.24, 2.45) is 5.92 Å². The molecule has 0 saturated heterocycles. The molecule has 0 fully saturated rings. The van der Waals surface area contributed by atoms with Crippen LogP contribution in [0.2, 0.25) is 5.02 Å². The van der Waals surface area contributed by atoms with Crippen molar-refractivity contribution in [2.75, 3.05) is 13.7 Å². The number of hydrogen-bond donors (Lipinski definition) is 0. The molecule has 0 saturated carbocycles. The highest BCUT2D eigenvalue weighted by atomic mass is 35.5. The van der Waals surface area contributed by atoms with Gasteiger partial charge in [-0.05, 0) is 55.3 Å². The number of methoxy groups -OCH3 is 1. The average molecular weight is 484 g/mol. The van der Waals surface area contributed by atoms with Crippen molar-refractivity contribution >= 4 is 34.4 Å². The topological polar surface area (TPSA) is 66.8 Å². The Labute approximate surface area is 205 Å². The van der Waals surface area contributed by atoms with Gasteiger partial charge < -0.3 is 18.8 Å².